The molecule has 2 rings (SSSR count). The van der Waals surface area contributed by atoms with Gasteiger partial charge in [0.1, 0.15) is 0 Å². The molecule has 14 heavy (non-hydrogen) atoms. The Balaban J connectivity index is 1.94. The van der Waals surface area contributed by atoms with Gasteiger partial charge in [-0.25, -0.2) is 4.98 Å². The second kappa shape index (κ2) is 4.75. The van der Waals surface area contributed by atoms with Crippen LogP contribution in [0.3, 0.4) is 0 Å². The van der Waals surface area contributed by atoms with Crippen LogP contribution in [0.4, 0.5) is 5.13 Å². The van der Waals surface area contributed by atoms with Gasteiger partial charge in [0.15, 0.2) is 5.13 Å². The van der Waals surface area contributed by atoms with Gasteiger partial charge in [-0.3, -0.25) is 0 Å². The molecule has 0 spiro atoms. The normalized spacial score (nSPS) is 22.6. The predicted octanol–water partition coefficient (Wildman–Crippen LogP) is 1.71. The molecule has 1 aliphatic rings. The average Bonchev–Trinajstić information content (AvgIpc) is 2.71. The van der Waals surface area contributed by atoms with Gasteiger partial charge < -0.3 is 10.6 Å². The molecule has 1 fully saturated rings. The van der Waals surface area contributed by atoms with Crippen molar-refractivity contribution in [3.05, 3.63) is 11.6 Å². The Kier molecular flexibility index (Phi) is 3.37. The molecule has 0 radical (unpaired) electrons. The van der Waals surface area contributed by atoms with Gasteiger partial charge in [-0.15, -0.1) is 11.3 Å². The lowest BCUT2D eigenvalue weighted by Crippen LogP contribution is -2.36. The molecule has 0 aliphatic carbocycles. The Morgan fingerprint density at radius 2 is 2.57 bits per heavy atom. The number of nitrogens with zero attached hydrogens (tertiary/aromatic N) is 2. The minimum absolute atomic E-state index is 0.776. The van der Waals surface area contributed by atoms with Gasteiger partial charge in [0.2, 0.25) is 0 Å². The van der Waals surface area contributed by atoms with E-state index in [2.05, 4.69) is 9.88 Å². The van der Waals surface area contributed by atoms with E-state index in [1.54, 1.807) is 11.3 Å². The topological polar surface area (TPSA) is 42.1 Å². The smallest absolute Gasteiger partial charge is 0.185 e. The average molecular weight is 211 g/mol. The zero-order valence-electron chi connectivity index (χ0n) is 8.35. The van der Waals surface area contributed by atoms with E-state index in [1.165, 1.54) is 18.0 Å². The lowest BCUT2D eigenvalue weighted by atomic mass is 9.95. The van der Waals surface area contributed by atoms with Crippen LogP contribution in [0.1, 0.15) is 19.3 Å². The van der Waals surface area contributed by atoms with Crippen molar-refractivity contribution in [2.24, 2.45) is 11.7 Å². The summed E-state index contributed by atoms with van der Waals surface area (Å²) in [6.07, 6.45) is 5.65. The fraction of sp³-hybridized carbons (Fsp3) is 0.700. The largest absolute Gasteiger partial charge is 0.348 e. The van der Waals surface area contributed by atoms with E-state index in [0.717, 1.165) is 32.0 Å². The van der Waals surface area contributed by atoms with Crippen LogP contribution in [-0.2, 0) is 0 Å². The van der Waals surface area contributed by atoms with Gasteiger partial charge in [-0.1, -0.05) is 0 Å². The number of rotatable bonds is 3. The Morgan fingerprint density at radius 3 is 3.29 bits per heavy atom. The number of anilines is 1. The van der Waals surface area contributed by atoms with E-state index in [-0.39, 0.29) is 0 Å². The Labute approximate surface area is 88.9 Å². The molecule has 2 N–H and O–H groups in total. The first kappa shape index (κ1) is 9.93. The molecule has 1 saturated heterocycles. The highest BCUT2D eigenvalue weighted by molar-refractivity contribution is 7.13. The third-order valence-corrected chi connectivity index (χ3v) is 3.62. The van der Waals surface area contributed by atoms with E-state index >= 15 is 0 Å². The summed E-state index contributed by atoms with van der Waals surface area (Å²) in [5.74, 6) is 0.776. The second-order valence-corrected chi connectivity index (χ2v) is 4.72. The summed E-state index contributed by atoms with van der Waals surface area (Å²) in [7, 11) is 0. The highest BCUT2D eigenvalue weighted by atomic mass is 32.1. The van der Waals surface area contributed by atoms with Crippen LogP contribution in [0.25, 0.3) is 0 Å². The first-order chi connectivity index (χ1) is 6.90. The third-order valence-electron chi connectivity index (χ3n) is 2.78. The third kappa shape index (κ3) is 2.25. The first-order valence-electron chi connectivity index (χ1n) is 5.24. The van der Waals surface area contributed by atoms with E-state index in [1.807, 2.05) is 11.6 Å². The molecule has 1 aromatic rings. The van der Waals surface area contributed by atoms with Crippen LogP contribution >= 0.6 is 11.3 Å². The summed E-state index contributed by atoms with van der Waals surface area (Å²) in [6, 6.07) is 0. The summed E-state index contributed by atoms with van der Waals surface area (Å²) in [4.78, 5) is 6.74. The van der Waals surface area contributed by atoms with Gasteiger partial charge in [-0.05, 0) is 31.7 Å². The molecule has 3 nitrogen and oxygen atoms in total. The number of nitrogens with two attached hydrogens (primary N) is 1. The molecule has 0 aromatic carbocycles. The molecule has 0 amide bonds. The van der Waals surface area contributed by atoms with Crippen LogP contribution < -0.4 is 10.6 Å². The van der Waals surface area contributed by atoms with Crippen molar-refractivity contribution >= 4 is 16.5 Å². The van der Waals surface area contributed by atoms with Crippen LogP contribution in [0, 0.1) is 5.92 Å². The predicted molar refractivity (Wildman–Crippen MR) is 60.7 cm³/mol. The van der Waals surface area contributed by atoms with Gasteiger partial charge in [-0.2, -0.15) is 0 Å². The number of piperidine rings is 1. The number of aromatic nitrogens is 1. The number of hydrogen-bond donors (Lipinski definition) is 1. The monoisotopic (exact) mass is 211 g/mol. The highest BCUT2D eigenvalue weighted by Crippen LogP contribution is 2.25. The summed E-state index contributed by atoms with van der Waals surface area (Å²) in [5, 5.41) is 3.22. The molecular weight excluding hydrogens is 194 g/mol. The quantitative estimate of drug-likeness (QED) is 0.827. The summed E-state index contributed by atoms with van der Waals surface area (Å²) < 4.78 is 0. The minimum Gasteiger partial charge on any atom is -0.348 e. The molecule has 78 valence electrons. The summed E-state index contributed by atoms with van der Waals surface area (Å²) >= 11 is 1.73. The fourth-order valence-corrected chi connectivity index (χ4v) is 2.76. The molecule has 1 aliphatic heterocycles. The van der Waals surface area contributed by atoms with E-state index in [9.17, 15) is 0 Å². The van der Waals surface area contributed by atoms with Crippen LogP contribution in [0.5, 0.6) is 0 Å². The molecule has 1 atom stereocenters. The van der Waals surface area contributed by atoms with Crippen molar-refractivity contribution in [2.45, 2.75) is 19.3 Å². The van der Waals surface area contributed by atoms with Crippen molar-refractivity contribution in [1.29, 1.82) is 0 Å². The standard InChI is InChI=1S/C10H17N3S/c11-4-3-9-2-1-6-13(8-9)10-12-5-7-14-10/h5,7,9H,1-4,6,8,11H2. The highest BCUT2D eigenvalue weighted by Gasteiger charge is 2.20. The van der Waals surface area contributed by atoms with Crippen molar-refractivity contribution < 1.29 is 0 Å². The Hall–Kier alpha value is -0.610. The zero-order valence-corrected chi connectivity index (χ0v) is 9.17. The maximum Gasteiger partial charge on any atom is 0.185 e. The van der Waals surface area contributed by atoms with Gasteiger partial charge in [0.05, 0.1) is 0 Å². The van der Waals surface area contributed by atoms with Gasteiger partial charge in [0, 0.05) is 24.7 Å². The number of hydrogen-bond acceptors (Lipinski definition) is 4. The molecule has 4 heteroatoms. The zero-order chi connectivity index (χ0) is 9.80. The Morgan fingerprint density at radius 1 is 1.64 bits per heavy atom. The molecule has 0 bridgehead atoms. The minimum atomic E-state index is 0.776. The summed E-state index contributed by atoms with van der Waals surface area (Å²) in [5.41, 5.74) is 5.59. The first-order valence-corrected chi connectivity index (χ1v) is 6.12. The van der Waals surface area contributed by atoms with Gasteiger partial charge >= 0.3 is 0 Å². The molecule has 2 heterocycles. The van der Waals surface area contributed by atoms with Crippen molar-refractivity contribution in [2.75, 3.05) is 24.5 Å². The molecule has 1 unspecified atom stereocenters. The number of thiazole rings is 1. The summed E-state index contributed by atoms with van der Waals surface area (Å²) in [6.45, 7) is 3.12. The molecule has 1 aromatic heterocycles. The SMILES string of the molecule is NCCC1CCCN(c2nccs2)C1. The van der Waals surface area contributed by atoms with Crippen LogP contribution in [-0.4, -0.2) is 24.6 Å². The van der Waals surface area contributed by atoms with Crippen LogP contribution in [0.15, 0.2) is 11.6 Å². The van der Waals surface area contributed by atoms with Crippen molar-refractivity contribution in [3.8, 4) is 0 Å². The maximum atomic E-state index is 5.59. The fourth-order valence-electron chi connectivity index (χ4n) is 2.08. The lowest BCUT2D eigenvalue weighted by molar-refractivity contribution is 0.396. The van der Waals surface area contributed by atoms with Crippen molar-refractivity contribution in [3.63, 3.8) is 0 Å². The van der Waals surface area contributed by atoms with E-state index in [4.69, 9.17) is 5.73 Å². The van der Waals surface area contributed by atoms with Crippen molar-refractivity contribution in [1.82, 2.24) is 4.98 Å². The molecule has 0 saturated carbocycles. The van der Waals surface area contributed by atoms with Crippen LogP contribution in [0.2, 0.25) is 0 Å². The van der Waals surface area contributed by atoms with E-state index in [0.29, 0.717) is 0 Å². The Bertz CT molecular complexity index is 258. The van der Waals surface area contributed by atoms with E-state index < -0.39 is 0 Å². The van der Waals surface area contributed by atoms with Gasteiger partial charge in [0.25, 0.3) is 0 Å². The molecular formula is C10H17N3S. The maximum absolute atomic E-state index is 5.59. The second-order valence-electron chi connectivity index (χ2n) is 3.85. The lowest BCUT2D eigenvalue weighted by Gasteiger charge is -2.32.